The fourth-order valence-electron chi connectivity index (χ4n) is 2.56. The maximum Gasteiger partial charge on any atom is 0.0184 e. The van der Waals surface area contributed by atoms with Gasteiger partial charge in [0, 0.05) is 6.54 Å². The van der Waals surface area contributed by atoms with E-state index in [1.54, 1.807) is 0 Å². The largest absolute Gasteiger partial charge is 0.316 e. The molecule has 0 amide bonds. The van der Waals surface area contributed by atoms with Gasteiger partial charge < -0.3 is 10.2 Å². The van der Waals surface area contributed by atoms with Crippen LogP contribution in [0, 0.1) is 11.8 Å². The van der Waals surface area contributed by atoms with Gasteiger partial charge in [0.25, 0.3) is 0 Å². The van der Waals surface area contributed by atoms with E-state index in [-0.39, 0.29) is 0 Å². The average molecular weight is 224 g/mol. The third kappa shape index (κ3) is 5.13. The van der Waals surface area contributed by atoms with E-state index >= 15 is 0 Å². The fourth-order valence-corrected chi connectivity index (χ4v) is 2.56. The first-order valence-electron chi connectivity index (χ1n) is 6.63. The van der Waals surface area contributed by atoms with Crippen LogP contribution in [-0.4, -0.2) is 38.1 Å². The van der Waals surface area contributed by atoms with Gasteiger partial charge in [-0.2, -0.15) is 0 Å². The van der Waals surface area contributed by atoms with E-state index in [0.29, 0.717) is 0 Å². The van der Waals surface area contributed by atoms with Crippen molar-refractivity contribution in [1.82, 2.24) is 10.2 Å². The minimum atomic E-state index is 0.848. The van der Waals surface area contributed by atoms with Crippen molar-refractivity contribution in [2.45, 2.75) is 33.1 Å². The maximum absolute atomic E-state index is 3.96. The Kier molecular flexibility index (Phi) is 6.07. The predicted octanol–water partition coefficient (Wildman–Crippen LogP) is 2.52. The van der Waals surface area contributed by atoms with Gasteiger partial charge in [-0.1, -0.05) is 19.1 Å². The van der Waals surface area contributed by atoms with Crippen molar-refractivity contribution in [2.24, 2.45) is 11.8 Å². The molecule has 1 N–H and O–H groups in total. The molecular formula is C14H28N2. The van der Waals surface area contributed by atoms with E-state index in [1.807, 2.05) is 0 Å². The summed E-state index contributed by atoms with van der Waals surface area (Å²) in [7, 11) is 2.19. The highest BCUT2D eigenvalue weighted by Crippen LogP contribution is 2.22. The van der Waals surface area contributed by atoms with Crippen molar-refractivity contribution < 1.29 is 0 Å². The molecule has 2 atom stereocenters. The minimum Gasteiger partial charge on any atom is -0.316 e. The van der Waals surface area contributed by atoms with Gasteiger partial charge in [0.2, 0.25) is 0 Å². The summed E-state index contributed by atoms with van der Waals surface area (Å²) in [5, 5.41) is 3.51. The van der Waals surface area contributed by atoms with E-state index in [9.17, 15) is 0 Å². The molecule has 0 spiro atoms. The topological polar surface area (TPSA) is 15.3 Å². The van der Waals surface area contributed by atoms with Gasteiger partial charge in [0.05, 0.1) is 0 Å². The molecule has 2 nitrogen and oxygen atoms in total. The summed E-state index contributed by atoms with van der Waals surface area (Å²) in [6.07, 6.45) is 4.09. The summed E-state index contributed by atoms with van der Waals surface area (Å²) >= 11 is 0. The van der Waals surface area contributed by atoms with Crippen LogP contribution in [0.2, 0.25) is 0 Å². The highest BCUT2D eigenvalue weighted by molar-refractivity contribution is 4.91. The van der Waals surface area contributed by atoms with Gasteiger partial charge >= 0.3 is 0 Å². The summed E-state index contributed by atoms with van der Waals surface area (Å²) in [5.41, 5.74) is 1.26. The van der Waals surface area contributed by atoms with E-state index in [4.69, 9.17) is 0 Å². The van der Waals surface area contributed by atoms with Gasteiger partial charge in [-0.25, -0.2) is 0 Å². The molecule has 1 rings (SSSR count). The number of nitrogens with zero attached hydrogens (tertiary/aromatic N) is 1. The van der Waals surface area contributed by atoms with Gasteiger partial charge in [-0.05, 0) is 64.7 Å². The molecule has 0 radical (unpaired) electrons. The quantitative estimate of drug-likeness (QED) is 0.697. The van der Waals surface area contributed by atoms with E-state index in [1.165, 1.54) is 44.5 Å². The van der Waals surface area contributed by atoms with Gasteiger partial charge in [0.1, 0.15) is 0 Å². The summed E-state index contributed by atoms with van der Waals surface area (Å²) < 4.78 is 0. The number of likely N-dealkylation sites (N-methyl/N-ethyl adjacent to an activating group) is 1. The number of rotatable bonds is 6. The Labute approximate surface area is 101 Å². The van der Waals surface area contributed by atoms with Crippen molar-refractivity contribution in [2.75, 3.05) is 33.2 Å². The van der Waals surface area contributed by atoms with Crippen molar-refractivity contribution in [1.29, 1.82) is 0 Å². The summed E-state index contributed by atoms with van der Waals surface area (Å²) in [6, 6.07) is 0. The molecular weight excluding hydrogens is 196 g/mol. The predicted molar refractivity (Wildman–Crippen MR) is 71.7 cm³/mol. The standard InChI is InChI=1S/C14H28N2/c1-12(2)11-16(4)9-7-13(3)14-6-5-8-15-10-14/h13-15H,1,5-11H2,2-4H3. The summed E-state index contributed by atoms with van der Waals surface area (Å²) in [6.45, 7) is 13.2. The van der Waals surface area contributed by atoms with Crippen LogP contribution in [0.5, 0.6) is 0 Å². The molecule has 1 heterocycles. The van der Waals surface area contributed by atoms with Crippen molar-refractivity contribution in [3.05, 3.63) is 12.2 Å². The lowest BCUT2D eigenvalue weighted by atomic mass is 9.85. The van der Waals surface area contributed by atoms with Crippen LogP contribution in [0.25, 0.3) is 0 Å². The van der Waals surface area contributed by atoms with Crippen LogP contribution < -0.4 is 5.32 Å². The lowest BCUT2D eigenvalue weighted by molar-refractivity contribution is 0.238. The zero-order valence-corrected chi connectivity index (χ0v) is 11.3. The third-order valence-corrected chi connectivity index (χ3v) is 3.65. The normalized spacial score (nSPS) is 23.4. The smallest absolute Gasteiger partial charge is 0.0184 e. The molecule has 0 saturated carbocycles. The Morgan fingerprint density at radius 1 is 1.56 bits per heavy atom. The Hall–Kier alpha value is -0.340. The van der Waals surface area contributed by atoms with Gasteiger partial charge in [-0.15, -0.1) is 0 Å². The molecule has 16 heavy (non-hydrogen) atoms. The lowest BCUT2D eigenvalue weighted by Gasteiger charge is -2.29. The lowest BCUT2D eigenvalue weighted by Crippen LogP contribution is -2.34. The first kappa shape index (κ1) is 13.7. The first-order valence-corrected chi connectivity index (χ1v) is 6.63. The second-order valence-corrected chi connectivity index (χ2v) is 5.57. The summed E-state index contributed by atoms with van der Waals surface area (Å²) in [5.74, 6) is 1.74. The highest BCUT2D eigenvalue weighted by atomic mass is 15.1. The monoisotopic (exact) mass is 224 g/mol. The molecule has 94 valence electrons. The second-order valence-electron chi connectivity index (χ2n) is 5.57. The molecule has 0 bridgehead atoms. The Balaban J connectivity index is 2.17. The van der Waals surface area contributed by atoms with Crippen LogP contribution >= 0.6 is 0 Å². The van der Waals surface area contributed by atoms with Gasteiger partial charge in [-0.3, -0.25) is 0 Å². The molecule has 0 aromatic heterocycles. The zero-order chi connectivity index (χ0) is 12.0. The minimum absolute atomic E-state index is 0.848. The van der Waals surface area contributed by atoms with Crippen molar-refractivity contribution in [3.63, 3.8) is 0 Å². The molecule has 2 heteroatoms. The summed E-state index contributed by atoms with van der Waals surface area (Å²) in [4.78, 5) is 2.38. The highest BCUT2D eigenvalue weighted by Gasteiger charge is 2.19. The average Bonchev–Trinajstić information content (AvgIpc) is 2.26. The van der Waals surface area contributed by atoms with Crippen molar-refractivity contribution >= 4 is 0 Å². The number of hydrogen-bond acceptors (Lipinski definition) is 2. The van der Waals surface area contributed by atoms with Crippen LogP contribution in [0.4, 0.5) is 0 Å². The number of hydrogen-bond donors (Lipinski definition) is 1. The van der Waals surface area contributed by atoms with Crippen molar-refractivity contribution in [3.8, 4) is 0 Å². The number of piperidine rings is 1. The molecule has 0 aliphatic carbocycles. The SMILES string of the molecule is C=C(C)CN(C)CCC(C)C1CCCNC1. The zero-order valence-electron chi connectivity index (χ0n) is 11.3. The van der Waals surface area contributed by atoms with Crippen LogP contribution in [0.15, 0.2) is 12.2 Å². The number of nitrogens with one attached hydrogen (secondary N) is 1. The first-order chi connectivity index (χ1) is 7.59. The molecule has 2 unspecified atom stereocenters. The van der Waals surface area contributed by atoms with E-state index in [2.05, 4.69) is 37.7 Å². The van der Waals surface area contributed by atoms with Crippen LogP contribution in [0.1, 0.15) is 33.1 Å². The fraction of sp³-hybridized carbons (Fsp3) is 0.857. The Morgan fingerprint density at radius 2 is 2.31 bits per heavy atom. The van der Waals surface area contributed by atoms with E-state index in [0.717, 1.165) is 18.4 Å². The maximum atomic E-state index is 3.96. The van der Waals surface area contributed by atoms with Gasteiger partial charge in [0.15, 0.2) is 0 Å². The second kappa shape index (κ2) is 7.08. The molecule has 1 aliphatic heterocycles. The third-order valence-electron chi connectivity index (χ3n) is 3.65. The Morgan fingerprint density at radius 3 is 2.88 bits per heavy atom. The molecule has 0 aromatic rings. The Bertz CT molecular complexity index is 207. The van der Waals surface area contributed by atoms with Crippen LogP contribution in [-0.2, 0) is 0 Å². The van der Waals surface area contributed by atoms with E-state index < -0.39 is 0 Å². The molecule has 1 saturated heterocycles. The molecule has 0 aromatic carbocycles. The van der Waals surface area contributed by atoms with Crippen LogP contribution in [0.3, 0.4) is 0 Å². The molecule has 1 fully saturated rings. The molecule has 1 aliphatic rings.